The number of carbonyl (C=O) groups is 2. The molecule has 10 heteroatoms. The number of esters is 1. The molecule has 0 aliphatic carbocycles. The van der Waals surface area contributed by atoms with Crippen LogP contribution in [0.1, 0.15) is 41.4 Å². The molecular weight excluding hydrogens is 546 g/mol. The number of rotatable bonds is 10. The van der Waals surface area contributed by atoms with Crippen LogP contribution in [-0.4, -0.2) is 32.3 Å². The van der Waals surface area contributed by atoms with Crippen molar-refractivity contribution >= 4 is 23.4 Å². The van der Waals surface area contributed by atoms with Crippen LogP contribution in [0.4, 0.5) is 25.0 Å². The fourth-order valence-corrected chi connectivity index (χ4v) is 4.10. The predicted molar refractivity (Wildman–Crippen MR) is 154 cm³/mol. The average molecular weight is 577 g/mol. The van der Waals surface area contributed by atoms with Crippen LogP contribution in [-0.2, 0) is 4.74 Å². The molecule has 2 N–H and O–H groups in total. The van der Waals surface area contributed by atoms with Crippen LogP contribution >= 0.6 is 0 Å². The second-order valence-corrected chi connectivity index (χ2v) is 9.41. The summed E-state index contributed by atoms with van der Waals surface area (Å²) in [4.78, 5) is 25.5. The first-order valence-electron chi connectivity index (χ1n) is 13.0. The van der Waals surface area contributed by atoms with Crippen LogP contribution < -0.4 is 24.8 Å². The van der Waals surface area contributed by atoms with E-state index < -0.39 is 29.7 Å². The molecule has 0 aliphatic heterocycles. The molecule has 8 nitrogen and oxygen atoms in total. The molecule has 0 aliphatic rings. The summed E-state index contributed by atoms with van der Waals surface area (Å²) in [6, 6.07) is 20.1. The van der Waals surface area contributed by atoms with Gasteiger partial charge in [-0.05, 0) is 79.6 Å². The summed E-state index contributed by atoms with van der Waals surface area (Å²) in [5, 5.41) is 5.39. The molecule has 4 rings (SSSR count). The largest absolute Gasteiger partial charge is 0.493 e. The minimum absolute atomic E-state index is 0.0291. The Morgan fingerprint density at radius 3 is 1.69 bits per heavy atom. The van der Waals surface area contributed by atoms with Crippen LogP contribution in [0.3, 0.4) is 0 Å². The van der Waals surface area contributed by atoms with Crippen molar-refractivity contribution in [2.24, 2.45) is 0 Å². The van der Waals surface area contributed by atoms with Gasteiger partial charge in [-0.25, -0.2) is 18.4 Å². The number of carbonyl (C=O) groups excluding carboxylic acids is 2. The third-order valence-corrected chi connectivity index (χ3v) is 6.02. The van der Waals surface area contributed by atoms with E-state index in [9.17, 15) is 18.4 Å². The van der Waals surface area contributed by atoms with E-state index in [2.05, 4.69) is 10.6 Å². The topological polar surface area (TPSA) is 95.1 Å². The van der Waals surface area contributed by atoms with Gasteiger partial charge in [0.1, 0.15) is 29.1 Å². The van der Waals surface area contributed by atoms with Crippen LogP contribution in [0.15, 0.2) is 84.9 Å². The molecule has 218 valence electrons. The molecule has 42 heavy (non-hydrogen) atoms. The van der Waals surface area contributed by atoms with E-state index in [0.717, 1.165) is 0 Å². The molecule has 0 unspecified atom stereocenters. The van der Waals surface area contributed by atoms with Gasteiger partial charge < -0.3 is 29.6 Å². The summed E-state index contributed by atoms with van der Waals surface area (Å²) in [5.41, 5.74) is 1.91. The van der Waals surface area contributed by atoms with Crippen molar-refractivity contribution < 1.29 is 37.3 Å². The Hall–Kier alpha value is -5.12. The highest BCUT2D eigenvalue weighted by Crippen LogP contribution is 2.34. The number of benzene rings is 4. The number of halogens is 2. The Kier molecular flexibility index (Phi) is 9.59. The Labute approximate surface area is 242 Å². The van der Waals surface area contributed by atoms with E-state index in [1.807, 2.05) is 13.8 Å². The Morgan fingerprint density at radius 1 is 0.667 bits per heavy atom. The van der Waals surface area contributed by atoms with Crippen molar-refractivity contribution in [3.05, 3.63) is 113 Å². The van der Waals surface area contributed by atoms with Crippen molar-refractivity contribution in [2.75, 3.05) is 24.9 Å². The highest BCUT2D eigenvalue weighted by atomic mass is 19.1. The van der Waals surface area contributed by atoms with Gasteiger partial charge in [0.15, 0.2) is 11.5 Å². The molecule has 0 saturated heterocycles. The molecule has 0 heterocycles. The van der Waals surface area contributed by atoms with Crippen LogP contribution in [0, 0.1) is 11.6 Å². The summed E-state index contributed by atoms with van der Waals surface area (Å²) in [5.74, 6) is -0.449. The van der Waals surface area contributed by atoms with Gasteiger partial charge in [0, 0.05) is 17.4 Å². The number of nitrogens with one attached hydrogen (secondary N) is 2. The first kappa shape index (κ1) is 29.9. The zero-order valence-electron chi connectivity index (χ0n) is 23.4. The van der Waals surface area contributed by atoms with Crippen molar-refractivity contribution in [2.45, 2.75) is 26.1 Å². The van der Waals surface area contributed by atoms with Crippen molar-refractivity contribution in [3.8, 4) is 17.2 Å². The first-order valence-corrected chi connectivity index (χ1v) is 13.0. The van der Waals surface area contributed by atoms with E-state index in [0.29, 0.717) is 28.3 Å². The number of urea groups is 1. The van der Waals surface area contributed by atoms with Crippen LogP contribution in [0.5, 0.6) is 17.2 Å². The molecule has 0 spiro atoms. The first-order chi connectivity index (χ1) is 20.2. The van der Waals surface area contributed by atoms with Crippen LogP contribution in [0.2, 0.25) is 0 Å². The maximum atomic E-state index is 13.6. The number of hydrogen-bond donors (Lipinski definition) is 2. The maximum Gasteiger partial charge on any atom is 0.341 e. The monoisotopic (exact) mass is 576 g/mol. The second-order valence-electron chi connectivity index (χ2n) is 9.41. The smallest absolute Gasteiger partial charge is 0.341 e. The molecule has 0 radical (unpaired) electrons. The highest BCUT2D eigenvalue weighted by Gasteiger charge is 2.22. The summed E-state index contributed by atoms with van der Waals surface area (Å²) >= 11 is 0. The number of ether oxygens (including phenoxy) is 4. The second kappa shape index (κ2) is 13.5. The zero-order valence-corrected chi connectivity index (χ0v) is 23.4. The predicted octanol–water partition coefficient (Wildman–Crippen LogP) is 7.36. The SMILES string of the molecule is COC(=O)c1cc(NC(=O)Nc2ccc(OC(C)C)c(OC)c2)ccc1OC(c1ccc(F)cc1)c1ccc(F)cc1. The minimum Gasteiger partial charge on any atom is -0.493 e. The minimum atomic E-state index is -0.811. The number of anilines is 2. The average Bonchev–Trinajstić information content (AvgIpc) is 2.97. The fraction of sp³-hybridized carbons (Fsp3) is 0.188. The summed E-state index contributed by atoms with van der Waals surface area (Å²) in [6.45, 7) is 3.79. The lowest BCUT2D eigenvalue weighted by Gasteiger charge is -2.22. The lowest BCUT2D eigenvalue weighted by atomic mass is 10.0. The van der Waals surface area contributed by atoms with E-state index in [4.69, 9.17) is 18.9 Å². The van der Waals surface area contributed by atoms with Gasteiger partial charge in [-0.15, -0.1) is 0 Å². The lowest BCUT2D eigenvalue weighted by Crippen LogP contribution is -2.20. The van der Waals surface area contributed by atoms with E-state index in [1.54, 1.807) is 24.3 Å². The molecule has 0 atom stereocenters. The van der Waals surface area contributed by atoms with Gasteiger partial charge in [0.05, 0.1) is 20.3 Å². The Bertz CT molecular complexity index is 1500. The van der Waals surface area contributed by atoms with Crippen molar-refractivity contribution in [1.82, 2.24) is 0 Å². The van der Waals surface area contributed by atoms with Gasteiger partial charge in [-0.2, -0.15) is 0 Å². The summed E-state index contributed by atoms with van der Waals surface area (Å²) in [6.07, 6.45) is -0.868. The molecule has 0 bridgehead atoms. The van der Waals surface area contributed by atoms with Crippen LogP contribution in [0.25, 0.3) is 0 Å². The van der Waals surface area contributed by atoms with E-state index in [1.165, 1.54) is 74.9 Å². The van der Waals surface area contributed by atoms with Crippen molar-refractivity contribution in [1.29, 1.82) is 0 Å². The van der Waals surface area contributed by atoms with Gasteiger partial charge in [0.2, 0.25) is 0 Å². The quantitative estimate of drug-likeness (QED) is 0.192. The Morgan fingerprint density at radius 2 is 1.19 bits per heavy atom. The standard InChI is InChI=1S/C32H30F2N2O6/c1-19(2)41-28-16-14-25(18-29(28)39-3)36-32(38)35-24-13-15-27(26(17-24)31(37)40-4)42-30(20-5-9-22(33)10-6-20)21-7-11-23(34)12-8-21/h5-19,30H,1-4H3,(H2,35,36,38). The number of amides is 2. The zero-order chi connectivity index (χ0) is 30.2. The van der Waals surface area contributed by atoms with E-state index in [-0.39, 0.29) is 23.1 Å². The molecule has 0 fully saturated rings. The van der Waals surface area contributed by atoms with Crippen molar-refractivity contribution in [3.63, 3.8) is 0 Å². The molecule has 4 aromatic carbocycles. The lowest BCUT2D eigenvalue weighted by molar-refractivity contribution is 0.0594. The molecule has 0 saturated carbocycles. The normalized spacial score (nSPS) is 10.8. The molecule has 2 amide bonds. The molecular formula is C32H30F2N2O6. The highest BCUT2D eigenvalue weighted by molar-refractivity contribution is 6.01. The summed E-state index contributed by atoms with van der Waals surface area (Å²) < 4.78 is 49.5. The third-order valence-electron chi connectivity index (χ3n) is 6.02. The van der Waals surface area contributed by atoms with Gasteiger partial charge in [0.25, 0.3) is 0 Å². The van der Waals surface area contributed by atoms with Gasteiger partial charge >= 0.3 is 12.0 Å². The Balaban J connectivity index is 1.58. The molecule has 4 aromatic rings. The number of hydrogen-bond acceptors (Lipinski definition) is 6. The van der Waals surface area contributed by atoms with E-state index >= 15 is 0 Å². The molecule has 0 aromatic heterocycles. The number of methoxy groups -OCH3 is 2. The third kappa shape index (κ3) is 7.54. The summed E-state index contributed by atoms with van der Waals surface area (Å²) in [7, 11) is 2.72. The van der Waals surface area contributed by atoms with Gasteiger partial charge in [-0.3, -0.25) is 0 Å². The maximum absolute atomic E-state index is 13.6. The fourth-order valence-electron chi connectivity index (χ4n) is 4.10. The van der Waals surface area contributed by atoms with Gasteiger partial charge in [-0.1, -0.05) is 24.3 Å².